The minimum absolute atomic E-state index is 0.0804. The molecule has 0 spiro atoms. The van der Waals surface area contributed by atoms with Crippen LogP contribution in [0.25, 0.3) is 0 Å². The molecule has 1 aliphatic heterocycles. The lowest BCUT2D eigenvalue weighted by Crippen LogP contribution is -2.28. The maximum Gasteiger partial charge on any atom is 0.341 e. The van der Waals surface area contributed by atoms with Crippen molar-refractivity contribution in [3.05, 3.63) is 34.2 Å². The SMILES string of the molecule is COC(=O)c1c(NC(=O)[C@H]2CC(=O)N(c3ccc(OC)c(OC)c3)C2)sc(C)c1C. The molecule has 1 aromatic carbocycles. The van der Waals surface area contributed by atoms with Crippen LogP contribution in [0.1, 0.15) is 27.2 Å². The summed E-state index contributed by atoms with van der Waals surface area (Å²) >= 11 is 1.32. The number of hydrogen-bond acceptors (Lipinski definition) is 7. The number of esters is 1. The molecule has 1 fully saturated rings. The van der Waals surface area contributed by atoms with Gasteiger partial charge in [-0.15, -0.1) is 11.3 Å². The van der Waals surface area contributed by atoms with Crippen LogP contribution in [0.4, 0.5) is 10.7 Å². The summed E-state index contributed by atoms with van der Waals surface area (Å²) < 4.78 is 15.4. The van der Waals surface area contributed by atoms with Gasteiger partial charge in [0.05, 0.1) is 32.8 Å². The van der Waals surface area contributed by atoms with Gasteiger partial charge in [-0.1, -0.05) is 0 Å². The molecule has 2 amide bonds. The second-order valence-corrected chi connectivity index (χ2v) is 8.14. The van der Waals surface area contributed by atoms with Gasteiger partial charge in [0.25, 0.3) is 0 Å². The molecule has 1 aromatic heterocycles. The standard InChI is InChI=1S/C21H24N2O6S/c1-11-12(2)30-20(18(11)21(26)29-5)22-19(25)13-8-17(24)23(10-13)14-6-7-15(27-3)16(9-14)28-4/h6-7,9,13H,8,10H2,1-5H3,(H,22,25)/t13-/m0/s1. The summed E-state index contributed by atoms with van der Waals surface area (Å²) in [5.41, 5.74) is 1.76. The number of anilines is 2. The van der Waals surface area contributed by atoms with Crippen LogP contribution >= 0.6 is 11.3 Å². The van der Waals surface area contributed by atoms with E-state index in [1.807, 2.05) is 13.8 Å². The largest absolute Gasteiger partial charge is 0.493 e. The van der Waals surface area contributed by atoms with Gasteiger partial charge in [0, 0.05) is 29.6 Å². The van der Waals surface area contributed by atoms with Crippen LogP contribution in [0.15, 0.2) is 18.2 Å². The number of nitrogens with one attached hydrogen (secondary N) is 1. The molecule has 160 valence electrons. The van der Waals surface area contributed by atoms with Crippen molar-refractivity contribution in [1.82, 2.24) is 0 Å². The Balaban J connectivity index is 1.78. The topological polar surface area (TPSA) is 94.2 Å². The number of benzene rings is 1. The van der Waals surface area contributed by atoms with E-state index >= 15 is 0 Å². The lowest BCUT2D eigenvalue weighted by Gasteiger charge is -2.18. The van der Waals surface area contributed by atoms with Gasteiger partial charge in [0.15, 0.2) is 11.5 Å². The van der Waals surface area contributed by atoms with Gasteiger partial charge in [-0.05, 0) is 31.5 Å². The minimum Gasteiger partial charge on any atom is -0.493 e. The lowest BCUT2D eigenvalue weighted by atomic mass is 10.1. The number of amides is 2. The molecule has 2 heterocycles. The first-order chi connectivity index (χ1) is 14.3. The number of carbonyl (C=O) groups is 3. The highest BCUT2D eigenvalue weighted by Gasteiger charge is 2.36. The van der Waals surface area contributed by atoms with Crippen molar-refractivity contribution >= 4 is 39.8 Å². The Bertz CT molecular complexity index is 1000. The summed E-state index contributed by atoms with van der Waals surface area (Å²) in [5, 5.41) is 3.26. The maximum atomic E-state index is 12.9. The molecule has 1 saturated heterocycles. The first kappa shape index (κ1) is 21.6. The fourth-order valence-corrected chi connectivity index (χ4v) is 4.45. The Morgan fingerprint density at radius 1 is 1.13 bits per heavy atom. The zero-order valence-electron chi connectivity index (χ0n) is 17.5. The van der Waals surface area contributed by atoms with Crippen LogP contribution in [0, 0.1) is 19.8 Å². The minimum atomic E-state index is -0.543. The van der Waals surface area contributed by atoms with Gasteiger partial charge in [-0.2, -0.15) is 0 Å². The third-order valence-corrected chi connectivity index (χ3v) is 6.31. The van der Waals surface area contributed by atoms with E-state index in [2.05, 4.69) is 5.32 Å². The average Bonchev–Trinajstić information content (AvgIpc) is 3.26. The second-order valence-electron chi connectivity index (χ2n) is 6.91. The summed E-state index contributed by atoms with van der Waals surface area (Å²) in [5.74, 6) is -0.448. The maximum absolute atomic E-state index is 12.9. The molecule has 30 heavy (non-hydrogen) atoms. The smallest absolute Gasteiger partial charge is 0.341 e. The van der Waals surface area contributed by atoms with Crippen LogP contribution in [-0.2, 0) is 14.3 Å². The van der Waals surface area contributed by atoms with E-state index in [0.29, 0.717) is 27.8 Å². The zero-order chi connectivity index (χ0) is 22.0. The van der Waals surface area contributed by atoms with E-state index in [1.54, 1.807) is 23.1 Å². The Labute approximate surface area is 178 Å². The highest BCUT2D eigenvalue weighted by atomic mass is 32.1. The molecule has 2 aromatic rings. The molecule has 3 rings (SSSR count). The highest BCUT2D eigenvalue weighted by molar-refractivity contribution is 7.16. The molecule has 0 saturated carbocycles. The van der Waals surface area contributed by atoms with Gasteiger partial charge in [0.2, 0.25) is 11.8 Å². The number of ether oxygens (including phenoxy) is 3. The Hall–Kier alpha value is -3.07. The second kappa shape index (κ2) is 8.74. The van der Waals surface area contributed by atoms with E-state index in [4.69, 9.17) is 14.2 Å². The first-order valence-electron chi connectivity index (χ1n) is 9.32. The molecular formula is C21H24N2O6S. The molecule has 0 radical (unpaired) electrons. The van der Waals surface area contributed by atoms with Gasteiger partial charge in [-0.25, -0.2) is 4.79 Å². The summed E-state index contributed by atoms with van der Waals surface area (Å²) in [6.45, 7) is 3.92. The molecule has 1 atom stereocenters. The fourth-order valence-electron chi connectivity index (χ4n) is 3.40. The monoisotopic (exact) mass is 432 g/mol. The Kier molecular flexibility index (Phi) is 6.31. The van der Waals surface area contributed by atoms with E-state index < -0.39 is 11.9 Å². The lowest BCUT2D eigenvalue weighted by molar-refractivity contribution is -0.122. The molecule has 8 nitrogen and oxygen atoms in total. The molecule has 0 unspecified atom stereocenters. The summed E-state index contributed by atoms with van der Waals surface area (Å²) in [6.07, 6.45) is 0.0804. The average molecular weight is 432 g/mol. The van der Waals surface area contributed by atoms with Crippen LogP contribution in [0.5, 0.6) is 11.5 Å². The van der Waals surface area contributed by atoms with Crippen molar-refractivity contribution in [3.8, 4) is 11.5 Å². The molecule has 1 aliphatic rings. The molecule has 1 N–H and O–H groups in total. The van der Waals surface area contributed by atoms with Gasteiger partial charge in [-0.3, -0.25) is 9.59 Å². The number of thiophene rings is 1. The van der Waals surface area contributed by atoms with Gasteiger partial charge < -0.3 is 24.4 Å². The highest BCUT2D eigenvalue weighted by Crippen LogP contribution is 2.36. The van der Waals surface area contributed by atoms with Crippen molar-refractivity contribution in [2.45, 2.75) is 20.3 Å². The quantitative estimate of drug-likeness (QED) is 0.705. The fraction of sp³-hybridized carbons (Fsp3) is 0.381. The third-order valence-electron chi connectivity index (χ3n) is 5.19. The molecule has 0 aliphatic carbocycles. The third kappa shape index (κ3) is 3.97. The number of aryl methyl sites for hydroxylation is 1. The van der Waals surface area contributed by atoms with Crippen molar-refractivity contribution in [2.75, 3.05) is 38.1 Å². The normalized spacial score (nSPS) is 15.8. The van der Waals surface area contributed by atoms with Crippen LogP contribution in [-0.4, -0.2) is 45.7 Å². The van der Waals surface area contributed by atoms with Crippen molar-refractivity contribution in [2.24, 2.45) is 5.92 Å². The number of methoxy groups -OCH3 is 3. The number of rotatable bonds is 6. The molecule has 9 heteroatoms. The zero-order valence-corrected chi connectivity index (χ0v) is 18.3. The van der Waals surface area contributed by atoms with Crippen molar-refractivity contribution in [1.29, 1.82) is 0 Å². The summed E-state index contributed by atoms with van der Waals surface area (Å²) in [4.78, 5) is 40.0. The van der Waals surface area contributed by atoms with E-state index in [9.17, 15) is 14.4 Å². The van der Waals surface area contributed by atoms with Crippen LogP contribution in [0.3, 0.4) is 0 Å². The predicted octanol–water partition coefficient (Wildman–Crippen LogP) is 3.16. The van der Waals surface area contributed by atoms with Crippen LogP contribution < -0.4 is 19.7 Å². The summed E-state index contributed by atoms with van der Waals surface area (Å²) in [7, 11) is 4.36. The van der Waals surface area contributed by atoms with Crippen molar-refractivity contribution in [3.63, 3.8) is 0 Å². The number of nitrogens with zero attached hydrogens (tertiary/aromatic N) is 1. The first-order valence-corrected chi connectivity index (χ1v) is 10.1. The van der Waals surface area contributed by atoms with Crippen molar-refractivity contribution < 1.29 is 28.6 Å². The van der Waals surface area contributed by atoms with E-state index in [0.717, 1.165) is 10.4 Å². The predicted molar refractivity (Wildman–Crippen MR) is 114 cm³/mol. The van der Waals surface area contributed by atoms with E-state index in [-0.39, 0.29) is 24.8 Å². The van der Waals surface area contributed by atoms with Gasteiger partial charge in [0.1, 0.15) is 5.00 Å². The Morgan fingerprint density at radius 2 is 1.83 bits per heavy atom. The van der Waals surface area contributed by atoms with Gasteiger partial charge >= 0.3 is 5.97 Å². The van der Waals surface area contributed by atoms with Crippen LogP contribution in [0.2, 0.25) is 0 Å². The molecule has 0 bridgehead atoms. The Morgan fingerprint density at radius 3 is 2.47 bits per heavy atom. The van der Waals surface area contributed by atoms with E-state index in [1.165, 1.54) is 32.7 Å². The molecular weight excluding hydrogens is 408 g/mol. The number of hydrogen-bond donors (Lipinski definition) is 1. The number of carbonyl (C=O) groups excluding carboxylic acids is 3. The summed E-state index contributed by atoms with van der Waals surface area (Å²) in [6, 6.07) is 5.17.